The highest BCUT2D eigenvalue weighted by atomic mass is 32.2. The summed E-state index contributed by atoms with van der Waals surface area (Å²) in [6.45, 7) is 4.47. The Morgan fingerprint density at radius 3 is 3.04 bits per heavy atom. The molecule has 0 radical (unpaired) electrons. The Morgan fingerprint density at radius 2 is 2.16 bits per heavy atom. The summed E-state index contributed by atoms with van der Waals surface area (Å²) in [7, 11) is 2.21. The lowest BCUT2D eigenvalue weighted by Gasteiger charge is -2.36. The normalized spacial score (nSPS) is 31.3. The summed E-state index contributed by atoms with van der Waals surface area (Å²) in [5.74, 6) is 2.13. The molecule has 1 unspecified atom stereocenters. The molecule has 0 amide bonds. The molecule has 1 atom stereocenters. The number of thioether (sulfide) groups is 1. The highest BCUT2D eigenvalue weighted by Crippen LogP contribution is 2.51. The molecule has 3 aliphatic heterocycles. The molecule has 0 aromatic rings. The van der Waals surface area contributed by atoms with Crippen molar-refractivity contribution in [1.29, 1.82) is 5.26 Å². The molecule has 2 fully saturated rings. The number of allylic oxidation sites excluding steroid dienone is 5. The fourth-order valence-corrected chi connectivity index (χ4v) is 5.83. The van der Waals surface area contributed by atoms with Crippen molar-refractivity contribution in [3.63, 3.8) is 0 Å². The summed E-state index contributed by atoms with van der Waals surface area (Å²) in [5.41, 5.74) is 5.16. The van der Waals surface area contributed by atoms with Gasteiger partial charge in [0.15, 0.2) is 0 Å². The van der Waals surface area contributed by atoms with Crippen molar-refractivity contribution in [2.75, 3.05) is 44.7 Å². The van der Waals surface area contributed by atoms with E-state index in [1.807, 2.05) is 18.0 Å². The Balaban J connectivity index is 1.76. The Morgan fingerprint density at radius 1 is 1.24 bits per heavy atom. The predicted octanol–water partition coefficient (Wildman–Crippen LogP) is 2.99. The minimum absolute atomic E-state index is 0.0286. The maximum absolute atomic E-state index is 9.09. The third kappa shape index (κ3) is 2.98. The first-order valence-electron chi connectivity index (χ1n) is 8.99. The van der Waals surface area contributed by atoms with Crippen LogP contribution >= 0.6 is 11.8 Å². The van der Waals surface area contributed by atoms with E-state index in [2.05, 4.69) is 41.1 Å². The number of hydrogen-bond donors (Lipinski definition) is 0. The Hall–Kier alpha value is -1.77. The van der Waals surface area contributed by atoms with Crippen LogP contribution in [0.3, 0.4) is 0 Å². The van der Waals surface area contributed by atoms with Gasteiger partial charge in [-0.3, -0.25) is 4.99 Å². The van der Waals surface area contributed by atoms with Crippen molar-refractivity contribution in [2.45, 2.75) is 12.8 Å². The van der Waals surface area contributed by atoms with Gasteiger partial charge in [0.05, 0.1) is 11.8 Å². The van der Waals surface area contributed by atoms with E-state index in [9.17, 15) is 0 Å². The Kier molecular flexibility index (Phi) is 4.58. The molecule has 4 rings (SSSR count). The summed E-state index contributed by atoms with van der Waals surface area (Å²) in [6, 6.07) is 2.21. The molecule has 0 N–H and O–H groups in total. The molecule has 0 aromatic heterocycles. The summed E-state index contributed by atoms with van der Waals surface area (Å²) >= 11 is 2.01. The quantitative estimate of drug-likeness (QED) is 0.681. The lowest BCUT2D eigenvalue weighted by molar-refractivity contribution is 0.326. The van der Waals surface area contributed by atoms with E-state index in [4.69, 9.17) is 10.3 Å². The van der Waals surface area contributed by atoms with Crippen LogP contribution in [-0.2, 0) is 0 Å². The first-order chi connectivity index (χ1) is 12.2. The Bertz CT molecular complexity index is 752. The van der Waals surface area contributed by atoms with Gasteiger partial charge in [-0.25, -0.2) is 0 Å². The molecule has 4 nitrogen and oxygen atoms in total. The lowest BCUT2D eigenvalue weighted by Crippen LogP contribution is -2.37. The highest BCUT2D eigenvalue weighted by Gasteiger charge is 2.46. The molecule has 0 saturated carbocycles. The van der Waals surface area contributed by atoms with Crippen LogP contribution in [0.2, 0.25) is 0 Å². The average Bonchev–Trinajstić information content (AvgIpc) is 2.78. The summed E-state index contributed by atoms with van der Waals surface area (Å²) in [4.78, 5) is 9.79. The van der Waals surface area contributed by atoms with Crippen molar-refractivity contribution in [1.82, 2.24) is 9.80 Å². The largest absolute Gasteiger partial charge is 0.370 e. The fraction of sp³-hybridized carbons (Fsp3) is 0.500. The second-order valence-corrected chi connectivity index (χ2v) is 8.26. The van der Waals surface area contributed by atoms with Gasteiger partial charge < -0.3 is 9.80 Å². The van der Waals surface area contributed by atoms with Crippen LogP contribution in [-0.4, -0.2) is 60.2 Å². The van der Waals surface area contributed by atoms with E-state index < -0.39 is 0 Å². The van der Waals surface area contributed by atoms with Crippen LogP contribution in [0, 0.1) is 16.7 Å². The van der Waals surface area contributed by atoms with Crippen LogP contribution < -0.4 is 0 Å². The van der Waals surface area contributed by atoms with Gasteiger partial charge in [-0.2, -0.15) is 17.0 Å². The smallest absolute Gasteiger partial charge is 0.0914 e. The van der Waals surface area contributed by atoms with Gasteiger partial charge in [-0.05, 0) is 49.7 Å². The average molecular weight is 353 g/mol. The van der Waals surface area contributed by atoms with Crippen molar-refractivity contribution in [3.8, 4) is 6.07 Å². The first-order valence-corrected chi connectivity index (χ1v) is 10.1. The maximum atomic E-state index is 9.09. The number of nitriles is 1. The van der Waals surface area contributed by atoms with Crippen molar-refractivity contribution >= 4 is 17.5 Å². The van der Waals surface area contributed by atoms with Crippen molar-refractivity contribution in [2.24, 2.45) is 10.4 Å². The molecule has 0 aromatic carbocycles. The standard InChI is InChI=1S/C20H24N4S/c1-23-9-2-10-24(12-11-23)18-6-8-22-19-4-3-16(5-7-21)13-20(19)15-25-14-17(18)20/h3-6,8H,2,9-15H2,1H3. The van der Waals surface area contributed by atoms with E-state index in [0.717, 1.165) is 43.1 Å². The molecule has 4 aliphatic rings. The zero-order valence-corrected chi connectivity index (χ0v) is 15.6. The minimum atomic E-state index is -0.0286. The lowest BCUT2D eigenvalue weighted by atomic mass is 9.70. The van der Waals surface area contributed by atoms with Crippen LogP contribution in [0.4, 0.5) is 0 Å². The molecular formula is C20H24N4S. The van der Waals surface area contributed by atoms with Gasteiger partial charge in [0.1, 0.15) is 0 Å². The second kappa shape index (κ2) is 6.86. The van der Waals surface area contributed by atoms with Gasteiger partial charge in [-0.1, -0.05) is 6.08 Å². The van der Waals surface area contributed by atoms with E-state index >= 15 is 0 Å². The number of likely N-dealkylation sites (N-methyl/N-ethyl adjacent to an activating group) is 1. The first kappa shape index (κ1) is 16.7. The third-order valence-electron chi connectivity index (χ3n) is 5.69. The molecule has 1 spiro atoms. The van der Waals surface area contributed by atoms with Gasteiger partial charge in [0, 0.05) is 54.5 Å². The monoisotopic (exact) mass is 352 g/mol. The summed E-state index contributed by atoms with van der Waals surface area (Å²) < 4.78 is 0. The fourth-order valence-electron chi connectivity index (χ4n) is 4.32. The van der Waals surface area contributed by atoms with E-state index in [0.29, 0.717) is 0 Å². The number of aliphatic imine (C=N–C) groups is 1. The molecule has 3 heterocycles. The van der Waals surface area contributed by atoms with Crippen LogP contribution in [0.15, 0.2) is 52.3 Å². The zero-order chi connectivity index (χ0) is 17.3. The second-order valence-electron chi connectivity index (χ2n) is 7.27. The number of hydrogen-bond acceptors (Lipinski definition) is 5. The molecule has 130 valence electrons. The predicted molar refractivity (Wildman–Crippen MR) is 104 cm³/mol. The summed E-state index contributed by atoms with van der Waals surface area (Å²) in [6.07, 6.45) is 12.2. The van der Waals surface area contributed by atoms with Gasteiger partial charge in [0.2, 0.25) is 0 Å². The molecule has 0 bridgehead atoms. The van der Waals surface area contributed by atoms with E-state index in [-0.39, 0.29) is 5.41 Å². The van der Waals surface area contributed by atoms with Crippen LogP contribution in [0.5, 0.6) is 0 Å². The minimum Gasteiger partial charge on any atom is -0.370 e. The van der Waals surface area contributed by atoms with E-state index in [1.165, 1.54) is 29.9 Å². The van der Waals surface area contributed by atoms with Gasteiger partial charge >= 0.3 is 0 Å². The molecule has 5 heteroatoms. The third-order valence-corrected chi connectivity index (χ3v) is 6.88. The topological polar surface area (TPSA) is 42.6 Å². The van der Waals surface area contributed by atoms with Gasteiger partial charge in [-0.15, -0.1) is 0 Å². The highest BCUT2D eigenvalue weighted by molar-refractivity contribution is 7.99. The Labute approximate surface area is 154 Å². The maximum Gasteiger partial charge on any atom is 0.0914 e. The number of rotatable bonds is 1. The van der Waals surface area contributed by atoms with Crippen LogP contribution in [0.25, 0.3) is 0 Å². The van der Waals surface area contributed by atoms with Gasteiger partial charge in [0.25, 0.3) is 0 Å². The van der Waals surface area contributed by atoms with Crippen molar-refractivity contribution < 1.29 is 0 Å². The molecule has 25 heavy (non-hydrogen) atoms. The van der Waals surface area contributed by atoms with Crippen molar-refractivity contribution in [3.05, 3.63) is 47.3 Å². The molecule has 2 saturated heterocycles. The summed E-state index contributed by atoms with van der Waals surface area (Å²) in [5, 5.41) is 9.09. The number of nitrogens with zero attached hydrogens (tertiary/aromatic N) is 4. The van der Waals surface area contributed by atoms with E-state index in [1.54, 1.807) is 6.08 Å². The zero-order valence-electron chi connectivity index (χ0n) is 14.7. The van der Waals surface area contributed by atoms with Crippen LogP contribution in [0.1, 0.15) is 12.8 Å². The molecular weight excluding hydrogens is 328 g/mol. The molecule has 1 aliphatic carbocycles. The SMILES string of the molecule is CN1CCCN(C2=C3CSCC34CC(=CC#N)C=CC4=NC=C2)CC1.